The highest BCUT2D eigenvalue weighted by molar-refractivity contribution is 5.83. The van der Waals surface area contributed by atoms with Gasteiger partial charge >= 0.3 is 5.63 Å². The minimum absolute atomic E-state index is 0.0254. The maximum atomic E-state index is 12.9. The fraction of sp³-hybridized carbons (Fsp3) is 0.333. The number of hydrogen-bond acceptors (Lipinski definition) is 4. The van der Waals surface area contributed by atoms with E-state index < -0.39 is 5.63 Å². The molecule has 5 nitrogen and oxygen atoms in total. The highest BCUT2D eigenvalue weighted by Crippen LogP contribution is 2.24. The van der Waals surface area contributed by atoms with Gasteiger partial charge in [0.25, 0.3) is 0 Å². The molecule has 3 aromatic rings. The Hall–Kier alpha value is -3.08. The van der Waals surface area contributed by atoms with E-state index >= 15 is 0 Å². The summed E-state index contributed by atoms with van der Waals surface area (Å²) in [4.78, 5) is 27.3. The van der Waals surface area contributed by atoms with E-state index in [9.17, 15) is 9.59 Å². The largest absolute Gasteiger partial charge is 0.497 e. The molecule has 29 heavy (non-hydrogen) atoms. The van der Waals surface area contributed by atoms with Crippen LogP contribution in [0.1, 0.15) is 37.0 Å². The summed E-state index contributed by atoms with van der Waals surface area (Å²) < 4.78 is 10.7. The van der Waals surface area contributed by atoms with Crippen LogP contribution in [0.4, 0.5) is 0 Å². The van der Waals surface area contributed by atoms with Gasteiger partial charge in [0.2, 0.25) is 5.91 Å². The maximum Gasteiger partial charge on any atom is 0.339 e. The predicted octanol–water partition coefficient (Wildman–Crippen LogP) is 4.48. The van der Waals surface area contributed by atoms with E-state index in [0.29, 0.717) is 29.9 Å². The van der Waals surface area contributed by atoms with Gasteiger partial charge in [0.05, 0.1) is 7.11 Å². The van der Waals surface area contributed by atoms with E-state index in [-0.39, 0.29) is 18.4 Å². The Morgan fingerprint density at radius 3 is 2.52 bits per heavy atom. The molecule has 0 radical (unpaired) electrons. The number of methoxy groups -OCH3 is 1. The summed E-state index contributed by atoms with van der Waals surface area (Å²) in [6, 6.07) is 15.4. The molecule has 0 unspecified atom stereocenters. The van der Waals surface area contributed by atoms with Crippen molar-refractivity contribution >= 4 is 16.9 Å². The van der Waals surface area contributed by atoms with Crippen LogP contribution in [0.25, 0.3) is 11.0 Å². The Balaban J connectivity index is 1.79. The van der Waals surface area contributed by atoms with Gasteiger partial charge in [0.15, 0.2) is 0 Å². The van der Waals surface area contributed by atoms with Crippen molar-refractivity contribution in [1.82, 2.24) is 4.90 Å². The molecule has 0 atom stereocenters. The third-order valence-corrected chi connectivity index (χ3v) is 5.22. The molecule has 0 spiro atoms. The number of ether oxygens (including phenoxy) is 1. The van der Waals surface area contributed by atoms with Gasteiger partial charge in [-0.25, -0.2) is 4.79 Å². The normalized spacial score (nSPS) is 11.1. The van der Waals surface area contributed by atoms with Crippen molar-refractivity contribution in [2.75, 3.05) is 7.11 Å². The molecule has 0 saturated heterocycles. The second-order valence-electron chi connectivity index (χ2n) is 7.46. The predicted molar refractivity (Wildman–Crippen MR) is 114 cm³/mol. The van der Waals surface area contributed by atoms with Crippen molar-refractivity contribution in [2.45, 2.75) is 46.2 Å². The number of hydrogen-bond donors (Lipinski definition) is 0. The minimum atomic E-state index is -0.393. The van der Waals surface area contributed by atoms with Crippen LogP contribution in [-0.4, -0.2) is 24.0 Å². The molecule has 0 saturated carbocycles. The van der Waals surface area contributed by atoms with Crippen LogP contribution in [0.5, 0.6) is 5.75 Å². The monoisotopic (exact) mass is 393 g/mol. The summed E-state index contributed by atoms with van der Waals surface area (Å²) in [6.45, 7) is 6.46. The fourth-order valence-electron chi connectivity index (χ4n) is 3.50. The van der Waals surface area contributed by atoms with Crippen LogP contribution in [0.2, 0.25) is 0 Å². The van der Waals surface area contributed by atoms with E-state index in [0.717, 1.165) is 16.5 Å². The van der Waals surface area contributed by atoms with E-state index in [1.165, 1.54) is 0 Å². The molecule has 0 fully saturated rings. The number of rotatable bonds is 7. The number of amides is 1. The maximum absolute atomic E-state index is 12.9. The lowest BCUT2D eigenvalue weighted by Gasteiger charge is -2.27. The molecule has 2 aromatic carbocycles. The van der Waals surface area contributed by atoms with Crippen molar-refractivity contribution < 1.29 is 13.9 Å². The van der Waals surface area contributed by atoms with Crippen LogP contribution in [-0.2, 0) is 17.8 Å². The lowest BCUT2D eigenvalue weighted by Crippen LogP contribution is -2.36. The molecule has 1 aromatic heterocycles. The van der Waals surface area contributed by atoms with E-state index in [1.807, 2.05) is 68.1 Å². The van der Waals surface area contributed by atoms with Crippen LogP contribution in [0, 0.1) is 6.92 Å². The topological polar surface area (TPSA) is 59.8 Å². The van der Waals surface area contributed by atoms with Crippen LogP contribution in [0.3, 0.4) is 0 Å². The number of carbonyl (C=O) groups excluding carboxylic acids is 1. The molecule has 0 N–H and O–H groups in total. The zero-order chi connectivity index (χ0) is 21.0. The second kappa shape index (κ2) is 8.95. The zero-order valence-electron chi connectivity index (χ0n) is 17.4. The molecular weight excluding hydrogens is 366 g/mol. The van der Waals surface area contributed by atoms with Gasteiger partial charge in [0, 0.05) is 36.0 Å². The highest BCUT2D eigenvalue weighted by atomic mass is 16.5. The number of nitrogens with zero attached hydrogens (tertiary/aromatic N) is 1. The molecule has 0 aliphatic heterocycles. The summed E-state index contributed by atoms with van der Waals surface area (Å²) in [7, 11) is 1.57. The number of aryl methyl sites for hydroxylation is 1. The van der Waals surface area contributed by atoms with E-state index in [1.54, 1.807) is 13.2 Å². The lowest BCUT2D eigenvalue weighted by atomic mass is 10.0. The van der Waals surface area contributed by atoms with Crippen molar-refractivity contribution in [2.24, 2.45) is 0 Å². The van der Waals surface area contributed by atoms with Gasteiger partial charge in [-0.05, 0) is 50.5 Å². The number of benzene rings is 2. The first-order valence-corrected chi connectivity index (χ1v) is 9.84. The Labute approximate surface area is 170 Å². The molecular formula is C24H27NO4. The SMILES string of the molecule is COc1ccc2c(C)c(CCC(=O)N(Cc3ccccc3)C(C)C)c(=O)oc2c1. The van der Waals surface area contributed by atoms with Crippen molar-refractivity contribution in [3.05, 3.63) is 75.6 Å². The minimum Gasteiger partial charge on any atom is -0.497 e. The molecule has 5 heteroatoms. The fourth-order valence-corrected chi connectivity index (χ4v) is 3.50. The summed E-state index contributed by atoms with van der Waals surface area (Å²) >= 11 is 0. The number of carbonyl (C=O) groups is 1. The number of fused-ring (bicyclic) bond motifs is 1. The van der Waals surface area contributed by atoms with Crippen LogP contribution >= 0.6 is 0 Å². The average molecular weight is 393 g/mol. The van der Waals surface area contributed by atoms with Crippen LogP contribution in [0.15, 0.2) is 57.7 Å². The Kier molecular flexibility index (Phi) is 6.37. The van der Waals surface area contributed by atoms with Crippen molar-refractivity contribution in [1.29, 1.82) is 0 Å². The molecule has 0 aliphatic rings. The van der Waals surface area contributed by atoms with Crippen molar-refractivity contribution in [3.63, 3.8) is 0 Å². The Morgan fingerprint density at radius 1 is 1.14 bits per heavy atom. The van der Waals surface area contributed by atoms with Crippen molar-refractivity contribution in [3.8, 4) is 5.75 Å². The van der Waals surface area contributed by atoms with E-state index in [2.05, 4.69) is 0 Å². The summed E-state index contributed by atoms with van der Waals surface area (Å²) in [6.07, 6.45) is 0.616. The molecule has 152 valence electrons. The standard InChI is InChI=1S/C24H27NO4/c1-16(2)25(15-18-8-6-5-7-9-18)23(26)13-12-21-17(3)20-11-10-19(28-4)14-22(20)29-24(21)27/h5-11,14,16H,12-13,15H2,1-4H3. The van der Waals surface area contributed by atoms with Gasteiger partial charge in [-0.3, -0.25) is 4.79 Å². The molecule has 3 rings (SSSR count). The van der Waals surface area contributed by atoms with Gasteiger partial charge in [-0.2, -0.15) is 0 Å². The summed E-state index contributed by atoms with van der Waals surface area (Å²) in [5.74, 6) is 0.661. The first-order valence-electron chi connectivity index (χ1n) is 9.84. The molecule has 1 heterocycles. The quantitative estimate of drug-likeness (QED) is 0.555. The molecule has 1 amide bonds. The second-order valence-corrected chi connectivity index (χ2v) is 7.46. The third-order valence-electron chi connectivity index (χ3n) is 5.22. The Morgan fingerprint density at radius 2 is 1.86 bits per heavy atom. The first kappa shape index (κ1) is 20.6. The Bertz CT molecular complexity index is 1050. The lowest BCUT2D eigenvalue weighted by molar-refractivity contribution is -0.133. The van der Waals surface area contributed by atoms with E-state index in [4.69, 9.17) is 9.15 Å². The van der Waals surface area contributed by atoms with Gasteiger partial charge in [0.1, 0.15) is 11.3 Å². The first-order chi connectivity index (χ1) is 13.9. The van der Waals surface area contributed by atoms with Crippen LogP contribution < -0.4 is 10.4 Å². The van der Waals surface area contributed by atoms with Gasteiger partial charge in [-0.15, -0.1) is 0 Å². The average Bonchev–Trinajstić information content (AvgIpc) is 2.71. The van der Waals surface area contributed by atoms with Gasteiger partial charge in [-0.1, -0.05) is 30.3 Å². The molecule has 0 aliphatic carbocycles. The summed E-state index contributed by atoms with van der Waals surface area (Å²) in [5.41, 5.74) is 2.60. The van der Waals surface area contributed by atoms with Gasteiger partial charge < -0.3 is 14.1 Å². The molecule has 0 bridgehead atoms. The smallest absolute Gasteiger partial charge is 0.339 e. The third kappa shape index (κ3) is 4.67. The zero-order valence-corrected chi connectivity index (χ0v) is 17.4. The summed E-state index contributed by atoms with van der Waals surface area (Å²) in [5, 5.41) is 0.859. The highest BCUT2D eigenvalue weighted by Gasteiger charge is 2.19.